The van der Waals surface area contributed by atoms with Gasteiger partial charge in [-0.2, -0.15) is 0 Å². The van der Waals surface area contributed by atoms with Gasteiger partial charge in [-0.1, -0.05) is 13.3 Å². The maximum Gasteiger partial charge on any atom is 0.253 e. The van der Waals surface area contributed by atoms with E-state index in [0.29, 0.717) is 5.92 Å². The molecule has 0 spiro atoms. The Morgan fingerprint density at radius 3 is 2.28 bits per heavy atom. The smallest absolute Gasteiger partial charge is 0.253 e. The molecule has 0 bridgehead atoms. The highest BCUT2D eigenvalue weighted by Crippen LogP contribution is 2.22. The van der Waals surface area contributed by atoms with E-state index in [2.05, 4.69) is 37.9 Å². The summed E-state index contributed by atoms with van der Waals surface area (Å²) in [4.78, 5) is 16.8. The van der Waals surface area contributed by atoms with Crippen LogP contribution in [0.2, 0.25) is 0 Å². The Kier molecular flexibility index (Phi) is 11.2. The molecule has 4 nitrogen and oxygen atoms in total. The standard InChI is InChI=1S/C19H31N3O.2ClH/c1-4-5-12-21(3)18-8-6-17(7-9-18)19(23)22-13-10-16(11-14-22)15(2)20;;/h6-9,15-16H,4-5,10-14,20H2,1-3H3;2*1H. The summed E-state index contributed by atoms with van der Waals surface area (Å²) in [5.74, 6) is 0.699. The molecular formula is C19H33Cl2N3O. The first kappa shape index (κ1) is 24.0. The first-order chi connectivity index (χ1) is 11.0. The Hall–Kier alpha value is -0.970. The van der Waals surface area contributed by atoms with E-state index in [4.69, 9.17) is 5.73 Å². The van der Waals surface area contributed by atoms with Crippen LogP contribution in [0.5, 0.6) is 0 Å². The molecule has 1 aromatic rings. The molecule has 1 aromatic carbocycles. The molecule has 0 aliphatic carbocycles. The van der Waals surface area contributed by atoms with Crippen molar-refractivity contribution in [2.45, 2.75) is 45.6 Å². The summed E-state index contributed by atoms with van der Waals surface area (Å²) in [5.41, 5.74) is 7.93. The molecule has 0 saturated carbocycles. The Morgan fingerprint density at radius 1 is 1.24 bits per heavy atom. The summed E-state index contributed by atoms with van der Waals surface area (Å²) in [5, 5.41) is 0. The molecule has 1 fully saturated rings. The van der Waals surface area contributed by atoms with E-state index in [-0.39, 0.29) is 36.8 Å². The second kappa shape index (κ2) is 11.6. The minimum absolute atomic E-state index is 0. The zero-order valence-electron chi connectivity index (χ0n) is 15.6. The van der Waals surface area contributed by atoms with E-state index in [9.17, 15) is 4.79 Å². The summed E-state index contributed by atoms with van der Waals surface area (Å²) in [7, 11) is 2.10. The molecule has 1 heterocycles. The number of carbonyl (C=O) groups is 1. The number of likely N-dealkylation sites (tertiary alicyclic amines) is 1. The normalized spacial score (nSPS) is 15.8. The number of anilines is 1. The summed E-state index contributed by atoms with van der Waals surface area (Å²) in [6.07, 6.45) is 4.41. The second-order valence-electron chi connectivity index (χ2n) is 6.81. The molecule has 6 heteroatoms. The molecule has 2 N–H and O–H groups in total. The van der Waals surface area contributed by atoms with E-state index >= 15 is 0 Å². The molecule has 25 heavy (non-hydrogen) atoms. The minimum Gasteiger partial charge on any atom is -0.375 e. The van der Waals surface area contributed by atoms with Gasteiger partial charge < -0.3 is 15.5 Å². The Labute approximate surface area is 164 Å². The van der Waals surface area contributed by atoms with Crippen molar-refractivity contribution >= 4 is 36.4 Å². The molecule has 1 aliphatic heterocycles. The highest BCUT2D eigenvalue weighted by molar-refractivity contribution is 5.94. The molecule has 2 rings (SSSR count). The van der Waals surface area contributed by atoms with Gasteiger partial charge >= 0.3 is 0 Å². The highest BCUT2D eigenvalue weighted by atomic mass is 35.5. The summed E-state index contributed by atoms with van der Waals surface area (Å²) < 4.78 is 0. The van der Waals surface area contributed by atoms with Gasteiger partial charge in [0.05, 0.1) is 0 Å². The Morgan fingerprint density at radius 2 is 1.80 bits per heavy atom. The molecule has 144 valence electrons. The first-order valence-corrected chi connectivity index (χ1v) is 8.89. The molecular weight excluding hydrogens is 357 g/mol. The first-order valence-electron chi connectivity index (χ1n) is 8.89. The second-order valence-corrected chi connectivity index (χ2v) is 6.81. The van der Waals surface area contributed by atoms with Crippen LogP contribution in [0.4, 0.5) is 5.69 Å². The van der Waals surface area contributed by atoms with Crippen molar-refractivity contribution in [3.8, 4) is 0 Å². The zero-order valence-corrected chi connectivity index (χ0v) is 17.2. The van der Waals surface area contributed by atoms with Crippen LogP contribution in [0.1, 0.15) is 49.9 Å². The number of hydrogen-bond donors (Lipinski definition) is 1. The lowest BCUT2D eigenvalue weighted by atomic mass is 9.90. The summed E-state index contributed by atoms with van der Waals surface area (Å²) in [6, 6.07) is 8.25. The van der Waals surface area contributed by atoms with Crippen molar-refractivity contribution in [2.75, 3.05) is 31.6 Å². The topological polar surface area (TPSA) is 49.6 Å². The molecule has 1 unspecified atom stereocenters. The van der Waals surface area contributed by atoms with Crippen LogP contribution in [0.3, 0.4) is 0 Å². The van der Waals surface area contributed by atoms with Crippen LogP contribution in [0.25, 0.3) is 0 Å². The van der Waals surface area contributed by atoms with E-state index in [0.717, 1.165) is 38.0 Å². The Balaban J connectivity index is 0.00000288. The predicted molar refractivity (Wildman–Crippen MR) is 111 cm³/mol. The number of benzene rings is 1. The van der Waals surface area contributed by atoms with Crippen molar-refractivity contribution in [3.63, 3.8) is 0 Å². The fraction of sp³-hybridized carbons (Fsp3) is 0.632. The van der Waals surface area contributed by atoms with Gasteiger partial charge in [0.25, 0.3) is 5.91 Å². The van der Waals surface area contributed by atoms with E-state index in [1.807, 2.05) is 17.0 Å². The van der Waals surface area contributed by atoms with Crippen molar-refractivity contribution in [3.05, 3.63) is 29.8 Å². The lowest BCUT2D eigenvalue weighted by Crippen LogP contribution is -2.42. The van der Waals surface area contributed by atoms with Gasteiger partial charge in [0, 0.05) is 44.0 Å². The molecule has 0 aromatic heterocycles. The van der Waals surface area contributed by atoms with E-state index in [1.165, 1.54) is 18.5 Å². The lowest BCUT2D eigenvalue weighted by molar-refractivity contribution is 0.0681. The van der Waals surface area contributed by atoms with Gasteiger partial charge in [-0.25, -0.2) is 0 Å². The number of piperidine rings is 1. The number of carbonyl (C=O) groups excluding carboxylic acids is 1. The van der Waals surface area contributed by atoms with Gasteiger partial charge in [0.15, 0.2) is 0 Å². The average molecular weight is 390 g/mol. The van der Waals surface area contributed by atoms with Crippen LogP contribution >= 0.6 is 24.8 Å². The minimum atomic E-state index is 0. The van der Waals surface area contributed by atoms with E-state index in [1.54, 1.807) is 0 Å². The fourth-order valence-corrected chi connectivity index (χ4v) is 3.19. The van der Waals surface area contributed by atoms with Gasteiger partial charge in [0.1, 0.15) is 0 Å². The molecule has 0 radical (unpaired) electrons. The Bertz CT molecular complexity index is 500. The maximum absolute atomic E-state index is 12.6. The van der Waals surface area contributed by atoms with Crippen molar-refractivity contribution in [2.24, 2.45) is 11.7 Å². The van der Waals surface area contributed by atoms with Gasteiger partial charge in [0.2, 0.25) is 0 Å². The van der Waals surface area contributed by atoms with Crippen LogP contribution in [-0.2, 0) is 0 Å². The molecule has 1 amide bonds. The summed E-state index contributed by atoms with van der Waals surface area (Å²) in [6.45, 7) is 6.96. The number of unbranched alkanes of at least 4 members (excludes halogenated alkanes) is 1. The quantitative estimate of drug-likeness (QED) is 0.800. The summed E-state index contributed by atoms with van der Waals surface area (Å²) >= 11 is 0. The highest BCUT2D eigenvalue weighted by Gasteiger charge is 2.25. The zero-order chi connectivity index (χ0) is 16.8. The molecule has 1 atom stereocenters. The third kappa shape index (κ3) is 6.69. The number of halogens is 2. The SMILES string of the molecule is CCCCN(C)c1ccc(C(=O)N2CCC(C(C)N)CC2)cc1.Cl.Cl. The van der Waals surface area contributed by atoms with Crippen LogP contribution < -0.4 is 10.6 Å². The van der Waals surface area contributed by atoms with E-state index < -0.39 is 0 Å². The van der Waals surface area contributed by atoms with Crippen molar-refractivity contribution < 1.29 is 4.79 Å². The third-order valence-electron chi connectivity index (χ3n) is 4.97. The fourth-order valence-electron chi connectivity index (χ4n) is 3.19. The van der Waals surface area contributed by atoms with Crippen LogP contribution in [0, 0.1) is 5.92 Å². The predicted octanol–water partition coefficient (Wildman–Crippen LogP) is 3.97. The number of hydrogen-bond acceptors (Lipinski definition) is 3. The number of amides is 1. The lowest BCUT2D eigenvalue weighted by Gasteiger charge is -2.33. The average Bonchev–Trinajstić information content (AvgIpc) is 2.59. The van der Waals surface area contributed by atoms with Crippen molar-refractivity contribution in [1.82, 2.24) is 4.90 Å². The number of nitrogens with two attached hydrogens (primary N) is 1. The van der Waals surface area contributed by atoms with Crippen LogP contribution in [-0.4, -0.2) is 43.5 Å². The number of rotatable bonds is 6. The van der Waals surface area contributed by atoms with Gasteiger partial charge in [-0.05, 0) is 56.4 Å². The largest absolute Gasteiger partial charge is 0.375 e. The third-order valence-corrected chi connectivity index (χ3v) is 4.97. The maximum atomic E-state index is 12.6. The van der Waals surface area contributed by atoms with Gasteiger partial charge in [-0.15, -0.1) is 24.8 Å². The van der Waals surface area contributed by atoms with Crippen LogP contribution in [0.15, 0.2) is 24.3 Å². The van der Waals surface area contributed by atoms with Crippen molar-refractivity contribution in [1.29, 1.82) is 0 Å². The molecule has 1 aliphatic rings. The van der Waals surface area contributed by atoms with Gasteiger partial charge in [-0.3, -0.25) is 4.79 Å². The molecule has 1 saturated heterocycles. The number of nitrogens with zero attached hydrogens (tertiary/aromatic N) is 2. The monoisotopic (exact) mass is 389 g/mol.